The average molecular weight is 368 g/mol. The number of amides is 1. The van der Waals surface area contributed by atoms with E-state index in [1.165, 1.54) is 11.8 Å². The Bertz CT molecular complexity index is 827. The van der Waals surface area contributed by atoms with Crippen LogP contribution >= 0.6 is 35.6 Å². The van der Waals surface area contributed by atoms with Crippen LogP contribution in [0.15, 0.2) is 35.4 Å². The van der Waals surface area contributed by atoms with Gasteiger partial charge >= 0.3 is 0 Å². The fourth-order valence-corrected chi connectivity index (χ4v) is 2.89. The molecule has 1 N–H and O–H groups in total. The molecule has 5 nitrogen and oxygen atoms in total. The number of nitrogens with one attached hydrogen (secondary N) is 1. The summed E-state index contributed by atoms with van der Waals surface area (Å²) < 4.78 is 19.3. The fraction of sp³-hybridized carbons (Fsp3) is 0. The van der Waals surface area contributed by atoms with Crippen LogP contribution in [0, 0.1) is 5.82 Å². The van der Waals surface area contributed by atoms with Gasteiger partial charge in [0.15, 0.2) is 0 Å². The normalized spacial score (nSPS) is 15.8. The molecule has 1 aliphatic rings. The van der Waals surface area contributed by atoms with Crippen molar-refractivity contribution in [3.63, 3.8) is 0 Å². The Labute approximate surface area is 144 Å². The third kappa shape index (κ3) is 3.84. The van der Waals surface area contributed by atoms with Crippen LogP contribution < -0.4 is 10.1 Å². The quantitative estimate of drug-likeness (QED) is 0.508. The van der Waals surface area contributed by atoms with Gasteiger partial charge in [-0.1, -0.05) is 36.1 Å². The molecule has 0 saturated carbocycles. The van der Waals surface area contributed by atoms with Crippen molar-refractivity contribution in [2.24, 2.45) is 0 Å². The van der Waals surface area contributed by atoms with Gasteiger partial charge in [-0.3, -0.25) is 4.79 Å². The summed E-state index contributed by atoms with van der Waals surface area (Å²) in [4.78, 5) is 19.3. The van der Waals surface area contributed by atoms with Gasteiger partial charge in [0.2, 0.25) is 11.1 Å². The van der Waals surface area contributed by atoms with Crippen molar-refractivity contribution in [2.75, 3.05) is 0 Å². The first-order valence-corrected chi connectivity index (χ1v) is 7.82. The lowest BCUT2D eigenvalue weighted by Gasteiger charge is -2.05. The molecule has 0 spiro atoms. The lowest BCUT2D eigenvalue weighted by atomic mass is 10.2. The molecule has 3 rings (SSSR count). The average Bonchev–Trinajstić information content (AvgIpc) is 2.83. The summed E-state index contributed by atoms with van der Waals surface area (Å²) in [6, 6.07) is 6.69. The van der Waals surface area contributed by atoms with Gasteiger partial charge in [0.1, 0.15) is 10.1 Å². The molecule has 0 atom stereocenters. The van der Waals surface area contributed by atoms with E-state index in [0.717, 1.165) is 11.8 Å². The molecule has 0 bridgehead atoms. The number of thiocarbonyl (C=S) groups is 1. The highest BCUT2D eigenvalue weighted by molar-refractivity contribution is 8.26. The van der Waals surface area contributed by atoms with Crippen LogP contribution in [0.5, 0.6) is 11.6 Å². The molecule has 0 unspecified atom stereocenters. The Morgan fingerprint density at radius 3 is 2.74 bits per heavy atom. The minimum atomic E-state index is -0.715. The van der Waals surface area contributed by atoms with Crippen LogP contribution in [0.2, 0.25) is 5.28 Å². The third-order valence-electron chi connectivity index (χ3n) is 2.72. The zero-order valence-electron chi connectivity index (χ0n) is 11.2. The van der Waals surface area contributed by atoms with E-state index >= 15 is 0 Å². The van der Waals surface area contributed by atoms with Crippen LogP contribution in [-0.2, 0) is 4.79 Å². The van der Waals surface area contributed by atoms with E-state index in [4.69, 9.17) is 28.6 Å². The summed E-state index contributed by atoms with van der Waals surface area (Å²) in [5, 5.41) is 2.43. The maximum Gasteiger partial charge on any atom is 0.263 e. The van der Waals surface area contributed by atoms with Crippen molar-refractivity contribution in [1.82, 2.24) is 15.3 Å². The first-order valence-electron chi connectivity index (χ1n) is 6.22. The number of carbonyl (C=O) groups excluding carboxylic acids is 1. The van der Waals surface area contributed by atoms with Crippen LogP contribution in [0.3, 0.4) is 0 Å². The minimum absolute atomic E-state index is 0.108. The predicted molar refractivity (Wildman–Crippen MR) is 89.8 cm³/mol. The summed E-state index contributed by atoms with van der Waals surface area (Å²) in [5.74, 6) is -0.821. The van der Waals surface area contributed by atoms with E-state index in [1.54, 1.807) is 30.3 Å². The maximum atomic E-state index is 13.5. The SMILES string of the molecule is O=C1NC(=S)S/C1=C\c1ccc(Oc2nc(Cl)ncc2F)cc1. The standard InChI is InChI=1S/C14H7ClFN3O2S2/c15-13-17-6-9(16)12(19-13)21-8-3-1-7(2-4-8)5-10-11(20)18-14(22)23-10/h1-6H,(H,18,20,22)/b10-5-. The number of hydrogen-bond donors (Lipinski definition) is 1. The van der Waals surface area contributed by atoms with Gasteiger partial charge in [-0.05, 0) is 35.4 Å². The Kier molecular flexibility index (Phi) is 4.56. The van der Waals surface area contributed by atoms with Crippen molar-refractivity contribution < 1.29 is 13.9 Å². The van der Waals surface area contributed by atoms with Gasteiger partial charge in [0.05, 0.1) is 11.1 Å². The van der Waals surface area contributed by atoms with E-state index in [2.05, 4.69) is 15.3 Å². The molecule has 1 amide bonds. The predicted octanol–water partition coefficient (Wildman–Crippen LogP) is 3.55. The number of hydrogen-bond acceptors (Lipinski definition) is 6. The van der Waals surface area contributed by atoms with Gasteiger partial charge in [-0.25, -0.2) is 4.98 Å². The van der Waals surface area contributed by atoms with E-state index in [0.29, 0.717) is 15.0 Å². The van der Waals surface area contributed by atoms with Crippen molar-refractivity contribution in [2.45, 2.75) is 0 Å². The number of halogens is 2. The molecule has 1 fully saturated rings. The van der Waals surface area contributed by atoms with Crippen molar-refractivity contribution in [3.05, 3.63) is 52.0 Å². The van der Waals surface area contributed by atoms with Crippen LogP contribution in [-0.4, -0.2) is 20.2 Å². The number of rotatable bonds is 3. The molecule has 1 aromatic carbocycles. The largest absolute Gasteiger partial charge is 0.436 e. The zero-order valence-corrected chi connectivity index (χ0v) is 13.6. The first-order chi connectivity index (χ1) is 11.0. The van der Waals surface area contributed by atoms with Crippen LogP contribution in [0.4, 0.5) is 4.39 Å². The van der Waals surface area contributed by atoms with Gasteiger partial charge in [-0.2, -0.15) is 9.37 Å². The molecule has 0 radical (unpaired) electrons. The Morgan fingerprint density at radius 1 is 1.35 bits per heavy atom. The topological polar surface area (TPSA) is 64.1 Å². The summed E-state index contributed by atoms with van der Waals surface area (Å²) in [5.41, 5.74) is 0.779. The smallest absolute Gasteiger partial charge is 0.263 e. The lowest BCUT2D eigenvalue weighted by Crippen LogP contribution is -2.17. The molecule has 9 heteroatoms. The Hall–Kier alpha value is -2.03. The zero-order chi connectivity index (χ0) is 16.4. The van der Waals surface area contributed by atoms with Crippen LogP contribution in [0.25, 0.3) is 6.08 Å². The fourth-order valence-electron chi connectivity index (χ4n) is 1.72. The van der Waals surface area contributed by atoms with E-state index < -0.39 is 5.82 Å². The molecule has 1 aliphatic heterocycles. The third-order valence-corrected chi connectivity index (χ3v) is 4.06. The molecule has 116 valence electrons. The second-order valence-corrected chi connectivity index (χ2v) is 6.37. The molecule has 1 aromatic heterocycles. The molecule has 23 heavy (non-hydrogen) atoms. The molecule has 2 heterocycles. The van der Waals surface area contributed by atoms with Crippen LogP contribution in [0.1, 0.15) is 5.56 Å². The number of carbonyl (C=O) groups is 1. The van der Waals surface area contributed by atoms with Crippen molar-refractivity contribution in [1.29, 1.82) is 0 Å². The van der Waals surface area contributed by atoms with Crippen molar-refractivity contribution in [3.8, 4) is 11.6 Å². The summed E-state index contributed by atoms with van der Waals surface area (Å²) >= 11 is 11.7. The van der Waals surface area contributed by atoms with Gasteiger partial charge < -0.3 is 10.1 Å². The molecule has 2 aromatic rings. The van der Waals surface area contributed by atoms with Gasteiger partial charge in [0.25, 0.3) is 11.8 Å². The number of aromatic nitrogens is 2. The maximum absolute atomic E-state index is 13.5. The van der Waals surface area contributed by atoms with E-state index in [-0.39, 0.29) is 17.1 Å². The summed E-state index contributed by atoms with van der Waals surface area (Å²) in [6.45, 7) is 0. The highest BCUT2D eigenvalue weighted by atomic mass is 35.5. The second-order valence-electron chi connectivity index (χ2n) is 4.32. The minimum Gasteiger partial charge on any atom is -0.436 e. The summed E-state index contributed by atoms with van der Waals surface area (Å²) in [7, 11) is 0. The Morgan fingerprint density at radius 2 is 2.09 bits per heavy atom. The molecular weight excluding hydrogens is 361 g/mol. The number of thioether (sulfide) groups is 1. The second kappa shape index (κ2) is 6.61. The molecule has 0 aliphatic carbocycles. The highest BCUT2D eigenvalue weighted by Crippen LogP contribution is 2.27. The lowest BCUT2D eigenvalue weighted by molar-refractivity contribution is -0.115. The molecular formula is C14H7ClFN3O2S2. The highest BCUT2D eigenvalue weighted by Gasteiger charge is 2.21. The van der Waals surface area contributed by atoms with Crippen molar-refractivity contribution >= 4 is 51.9 Å². The van der Waals surface area contributed by atoms with Gasteiger partial charge in [0, 0.05) is 0 Å². The Balaban J connectivity index is 1.77. The van der Waals surface area contributed by atoms with Gasteiger partial charge in [-0.15, -0.1) is 0 Å². The summed E-state index contributed by atoms with van der Waals surface area (Å²) in [6.07, 6.45) is 2.63. The number of nitrogens with zero attached hydrogens (tertiary/aromatic N) is 2. The monoisotopic (exact) mass is 367 g/mol. The van der Waals surface area contributed by atoms with E-state index in [9.17, 15) is 9.18 Å². The first kappa shape index (κ1) is 15.9. The molecule has 1 saturated heterocycles. The number of ether oxygens (including phenoxy) is 1. The van der Waals surface area contributed by atoms with E-state index in [1.807, 2.05) is 0 Å². The number of benzene rings is 1.